The smallest absolute Gasteiger partial charge is 0.262 e. The van der Waals surface area contributed by atoms with Gasteiger partial charge in [0.2, 0.25) is 5.91 Å². The van der Waals surface area contributed by atoms with Crippen molar-refractivity contribution in [3.8, 4) is 5.69 Å². The summed E-state index contributed by atoms with van der Waals surface area (Å²) >= 11 is 0. The van der Waals surface area contributed by atoms with E-state index in [0.29, 0.717) is 16.8 Å². The van der Waals surface area contributed by atoms with E-state index in [0.717, 1.165) is 16.3 Å². The molecule has 2 heterocycles. The van der Waals surface area contributed by atoms with Crippen LogP contribution in [0.15, 0.2) is 60.8 Å². The molecule has 30 heavy (non-hydrogen) atoms. The van der Waals surface area contributed by atoms with Crippen LogP contribution in [0, 0.1) is 12.8 Å². The van der Waals surface area contributed by atoms with Gasteiger partial charge in [0.15, 0.2) is 0 Å². The van der Waals surface area contributed by atoms with Gasteiger partial charge in [-0.15, -0.1) is 0 Å². The quantitative estimate of drug-likeness (QED) is 0.663. The number of carbonyl (C=O) groups excluding carboxylic acids is 3. The number of rotatable bonds is 5. The number of aromatic nitrogens is 2. The fraction of sp³-hybridized carbons (Fsp3) is 0.217. The molecular weight excluding hydrogens is 380 g/mol. The second-order valence-corrected chi connectivity index (χ2v) is 7.64. The zero-order valence-corrected chi connectivity index (χ0v) is 17.0. The second-order valence-electron chi connectivity index (χ2n) is 7.64. The Morgan fingerprint density at radius 2 is 1.63 bits per heavy atom. The van der Waals surface area contributed by atoms with E-state index in [1.807, 2.05) is 39.0 Å². The third-order valence-corrected chi connectivity index (χ3v) is 5.19. The van der Waals surface area contributed by atoms with Crippen LogP contribution in [0.3, 0.4) is 0 Å². The molecule has 0 bridgehead atoms. The average Bonchev–Trinajstić information content (AvgIpc) is 3.25. The maximum absolute atomic E-state index is 13.2. The summed E-state index contributed by atoms with van der Waals surface area (Å²) in [4.78, 5) is 40.0. The minimum Gasteiger partial charge on any atom is -0.324 e. The van der Waals surface area contributed by atoms with Crippen LogP contribution in [0.4, 0.5) is 5.69 Å². The average molecular weight is 402 g/mol. The van der Waals surface area contributed by atoms with E-state index in [2.05, 4.69) is 10.4 Å². The van der Waals surface area contributed by atoms with E-state index >= 15 is 0 Å². The first kappa shape index (κ1) is 19.6. The number of amides is 3. The summed E-state index contributed by atoms with van der Waals surface area (Å²) in [6.07, 6.45) is 1.71. The van der Waals surface area contributed by atoms with E-state index in [1.54, 1.807) is 47.3 Å². The van der Waals surface area contributed by atoms with Gasteiger partial charge in [-0.25, -0.2) is 4.68 Å². The van der Waals surface area contributed by atoms with Crippen LogP contribution in [0.1, 0.15) is 40.3 Å². The number of benzene rings is 2. The van der Waals surface area contributed by atoms with Crippen molar-refractivity contribution in [3.63, 3.8) is 0 Å². The van der Waals surface area contributed by atoms with Crippen molar-refractivity contribution in [2.75, 3.05) is 5.32 Å². The number of nitrogens with one attached hydrogen (secondary N) is 1. The molecule has 0 spiro atoms. The van der Waals surface area contributed by atoms with E-state index in [9.17, 15) is 14.4 Å². The van der Waals surface area contributed by atoms with Crippen molar-refractivity contribution in [3.05, 3.63) is 77.6 Å². The Hall–Kier alpha value is -3.74. The van der Waals surface area contributed by atoms with Crippen LogP contribution in [0.5, 0.6) is 0 Å². The van der Waals surface area contributed by atoms with E-state index in [-0.39, 0.29) is 5.92 Å². The molecule has 0 saturated carbocycles. The molecule has 152 valence electrons. The lowest BCUT2D eigenvalue weighted by molar-refractivity contribution is -0.121. The van der Waals surface area contributed by atoms with Crippen molar-refractivity contribution < 1.29 is 14.4 Å². The highest BCUT2D eigenvalue weighted by atomic mass is 16.2. The zero-order valence-electron chi connectivity index (χ0n) is 17.0. The Morgan fingerprint density at radius 3 is 2.20 bits per heavy atom. The number of carbonyl (C=O) groups is 3. The fourth-order valence-corrected chi connectivity index (χ4v) is 3.75. The predicted octanol–water partition coefficient (Wildman–Crippen LogP) is 3.44. The van der Waals surface area contributed by atoms with Gasteiger partial charge in [-0.1, -0.05) is 32.0 Å². The monoisotopic (exact) mass is 402 g/mol. The van der Waals surface area contributed by atoms with Crippen LogP contribution in [-0.4, -0.2) is 38.4 Å². The van der Waals surface area contributed by atoms with Crippen LogP contribution in [0.2, 0.25) is 0 Å². The van der Waals surface area contributed by atoms with Crippen molar-refractivity contribution >= 4 is 23.4 Å². The molecule has 1 aliphatic heterocycles. The Balaban J connectivity index is 1.61. The normalized spacial score (nSPS) is 14.2. The van der Waals surface area contributed by atoms with E-state index < -0.39 is 23.8 Å². The molecule has 0 saturated heterocycles. The van der Waals surface area contributed by atoms with Gasteiger partial charge < -0.3 is 5.32 Å². The number of aryl methyl sites for hydroxylation is 1. The summed E-state index contributed by atoms with van der Waals surface area (Å²) in [5.74, 6) is -1.55. The predicted molar refractivity (Wildman–Crippen MR) is 112 cm³/mol. The summed E-state index contributed by atoms with van der Waals surface area (Å²) in [7, 11) is 0. The van der Waals surface area contributed by atoms with Crippen LogP contribution >= 0.6 is 0 Å². The SMILES string of the molecule is Cc1ccnn1-c1cccc(NC(=O)C(C(C)C)N2C(=O)c3ccccc3C2=O)c1. The molecule has 7 heteroatoms. The summed E-state index contributed by atoms with van der Waals surface area (Å²) in [5.41, 5.74) is 2.99. The minimum absolute atomic E-state index is 0.260. The number of hydrogen-bond donors (Lipinski definition) is 1. The topological polar surface area (TPSA) is 84.3 Å². The maximum Gasteiger partial charge on any atom is 0.262 e. The molecule has 3 aromatic rings. The first-order valence-electron chi connectivity index (χ1n) is 9.77. The molecule has 2 aromatic carbocycles. The molecule has 0 fully saturated rings. The Morgan fingerprint density at radius 1 is 0.967 bits per heavy atom. The lowest BCUT2D eigenvalue weighted by atomic mass is 10.0. The molecule has 1 aliphatic rings. The van der Waals surface area contributed by atoms with Gasteiger partial charge in [0.25, 0.3) is 11.8 Å². The van der Waals surface area contributed by atoms with E-state index in [1.165, 1.54) is 0 Å². The Bertz CT molecular complexity index is 1110. The summed E-state index contributed by atoms with van der Waals surface area (Å²) < 4.78 is 1.76. The third kappa shape index (κ3) is 3.28. The molecule has 4 rings (SSSR count). The minimum atomic E-state index is -0.924. The summed E-state index contributed by atoms with van der Waals surface area (Å²) in [5, 5.41) is 7.15. The first-order chi connectivity index (χ1) is 14.4. The maximum atomic E-state index is 13.2. The van der Waals surface area contributed by atoms with Crippen molar-refractivity contribution in [1.82, 2.24) is 14.7 Å². The molecule has 0 aliphatic carbocycles. The Labute approximate surface area is 174 Å². The molecule has 7 nitrogen and oxygen atoms in total. The van der Waals surface area contributed by atoms with Gasteiger partial charge in [0.1, 0.15) is 6.04 Å². The van der Waals surface area contributed by atoms with Crippen molar-refractivity contribution in [1.29, 1.82) is 0 Å². The molecule has 0 radical (unpaired) electrons. The van der Waals surface area contributed by atoms with Gasteiger partial charge in [0.05, 0.1) is 16.8 Å². The van der Waals surface area contributed by atoms with Gasteiger partial charge in [-0.05, 0) is 49.2 Å². The first-order valence-corrected chi connectivity index (χ1v) is 9.77. The largest absolute Gasteiger partial charge is 0.324 e. The van der Waals surface area contributed by atoms with E-state index in [4.69, 9.17) is 0 Å². The third-order valence-electron chi connectivity index (χ3n) is 5.19. The standard InChI is InChI=1S/C23H22N4O3/c1-14(2)20(26-22(29)18-9-4-5-10-19(18)23(26)30)21(28)25-16-7-6-8-17(13-16)27-15(3)11-12-24-27/h4-14,20H,1-3H3,(H,25,28). The molecule has 3 amide bonds. The lowest BCUT2D eigenvalue weighted by Crippen LogP contribution is -2.50. The molecule has 1 atom stereocenters. The van der Waals surface area contributed by atoms with Crippen molar-refractivity contribution in [2.45, 2.75) is 26.8 Å². The number of imide groups is 1. The second kappa shape index (κ2) is 7.59. The highest BCUT2D eigenvalue weighted by Gasteiger charge is 2.43. The molecule has 1 aromatic heterocycles. The van der Waals surface area contributed by atoms with Crippen LogP contribution in [0.25, 0.3) is 5.69 Å². The summed E-state index contributed by atoms with van der Waals surface area (Å²) in [6, 6.07) is 14.9. The fourth-order valence-electron chi connectivity index (χ4n) is 3.75. The lowest BCUT2D eigenvalue weighted by Gasteiger charge is -2.28. The van der Waals surface area contributed by atoms with Crippen LogP contribution in [-0.2, 0) is 4.79 Å². The molecule has 1 N–H and O–H groups in total. The number of anilines is 1. The van der Waals surface area contributed by atoms with Gasteiger partial charge in [0, 0.05) is 17.6 Å². The number of hydrogen-bond acceptors (Lipinski definition) is 4. The zero-order chi connectivity index (χ0) is 21.4. The number of fused-ring (bicyclic) bond motifs is 1. The van der Waals surface area contributed by atoms with Crippen LogP contribution < -0.4 is 5.32 Å². The van der Waals surface area contributed by atoms with Gasteiger partial charge >= 0.3 is 0 Å². The molecule has 1 unspecified atom stereocenters. The van der Waals surface area contributed by atoms with Gasteiger partial charge in [-0.3, -0.25) is 19.3 Å². The summed E-state index contributed by atoms with van der Waals surface area (Å²) in [6.45, 7) is 5.57. The van der Waals surface area contributed by atoms with Gasteiger partial charge in [-0.2, -0.15) is 5.10 Å². The molecular formula is C23H22N4O3. The Kier molecular flexibility index (Phi) is 4.95. The highest BCUT2D eigenvalue weighted by molar-refractivity contribution is 6.23. The number of nitrogens with zero attached hydrogens (tertiary/aromatic N) is 3. The highest BCUT2D eigenvalue weighted by Crippen LogP contribution is 2.28. The van der Waals surface area contributed by atoms with Crippen molar-refractivity contribution in [2.24, 2.45) is 5.92 Å².